The zero-order chi connectivity index (χ0) is 18.8. The van der Waals surface area contributed by atoms with Gasteiger partial charge in [0.15, 0.2) is 0 Å². The van der Waals surface area contributed by atoms with E-state index in [4.69, 9.17) is 0 Å². The first-order valence-corrected chi connectivity index (χ1v) is 9.85. The van der Waals surface area contributed by atoms with Crippen molar-refractivity contribution in [3.63, 3.8) is 0 Å². The van der Waals surface area contributed by atoms with Crippen molar-refractivity contribution in [1.29, 1.82) is 0 Å². The molecule has 0 aromatic heterocycles. The van der Waals surface area contributed by atoms with Gasteiger partial charge in [0.1, 0.15) is 0 Å². The normalized spacial score (nSPS) is 23.2. The van der Waals surface area contributed by atoms with Crippen molar-refractivity contribution in [2.75, 3.05) is 10.6 Å². The van der Waals surface area contributed by atoms with E-state index in [0.29, 0.717) is 23.6 Å². The summed E-state index contributed by atoms with van der Waals surface area (Å²) in [6.45, 7) is 1.99. The van der Waals surface area contributed by atoms with Crippen LogP contribution in [0.3, 0.4) is 0 Å². The van der Waals surface area contributed by atoms with E-state index in [-0.39, 0.29) is 11.8 Å². The molecule has 4 rings (SSSR count). The third-order valence-corrected chi connectivity index (χ3v) is 6.05. The molecule has 0 spiro atoms. The molecule has 2 bridgehead atoms. The Balaban J connectivity index is 1.42. The summed E-state index contributed by atoms with van der Waals surface area (Å²) in [4.78, 5) is 25.3. The van der Waals surface area contributed by atoms with E-state index in [9.17, 15) is 9.59 Å². The summed E-state index contributed by atoms with van der Waals surface area (Å²) in [6, 6.07) is 14.9. The van der Waals surface area contributed by atoms with Crippen molar-refractivity contribution >= 4 is 23.2 Å². The van der Waals surface area contributed by atoms with Gasteiger partial charge in [-0.1, -0.05) is 30.7 Å². The van der Waals surface area contributed by atoms with Crippen molar-refractivity contribution < 1.29 is 9.59 Å². The number of fused-ring (bicyclic) bond motifs is 2. The Kier molecular flexibility index (Phi) is 4.97. The highest BCUT2D eigenvalue weighted by Crippen LogP contribution is 2.49. The maximum Gasteiger partial charge on any atom is 0.257 e. The second-order valence-electron chi connectivity index (χ2n) is 8.06. The fourth-order valence-electron chi connectivity index (χ4n) is 4.78. The summed E-state index contributed by atoms with van der Waals surface area (Å²) in [5.74, 6) is 1.87. The molecule has 2 aromatic rings. The molecule has 2 amide bonds. The van der Waals surface area contributed by atoms with Gasteiger partial charge in [-0.3, -0.25) is 9.59 Å². The summed E-state index contributed by atoms with van der Waals surface area (Å²) >= 11 is 0. The third kappa shape index (κ3) is 4.05. The van der Waals surface area contributed by atoms with E-state index >= 15 is 0 Å². The molecule has 4 heteroatoms. The lowest BCUT2D eigenvalue weighted by molar-refractivity contribution is -0.117. The lowest BCUT2D eigenvalue weighted by atomic mass is 9.86. The number of carbonyl (C=O) groups excluding carboxylic acids is 2. The molecule has 0 aliphatic heterocycles. The highest BCUT2D eigenvalue weighted by Gasteiger charge is 2.40. The van der Waals surface area contributed by atoms with E-state index in [0.717, 1.165) is 23.1 Å². The van der Waals surface area contributed by atoms with Crippen LogP contribution in [0.15, 0.2) is 48.5 Å². The van der Waals surface area contributed by atoms with Gasteiger partial charge in [-0.15, -0.1) is 0 Å². The van der Waals surface area contributed by atoms with Crippen LogP contribution >= 0.6 is 0 Å². The summed E-state index contributed by atoms with van der Waals surface area (Å²) < 4.78 is 0. The molecule has 2 aliphatic carbocycles. The molecular weight excluding hydrogens is 336 g/mol. The van der Waals surface area contributed by atoms with E-state index < -0.39 is 0 Å². The second-order valence-corrected chi connectivity index (χ2v) is 8.06. The van der Waals surface area contributed by atoms with Crippen LogP contribution in [0.4, 0.5) is 11.4 Å². The van der Waals surface area contributed by atoms with Crippen molar-refractivity contribution in [3.05, 3.63) is 59.7 Å². The average Bonchev–Trinajstić information content (AvgIpc) is 3.25. The number of hydrogen-bond donors (Lipinski definition) is 2. The van der Waals surface area contributed by atoms with Crippen LogP contribution in [0.1, 0.15) is 48.0 Å². The highest BCUT2D eigenvalue weighted by atomic mass is 16.2. The molecule has 0 saturated heterocycles. The van der Waals surface area contributed by atoms with E-state index in [1.54, 1.807) is 12.1 Å². The number of carbonyl (C=O) groups is 2. The number of hydrogen-bond acceptors (Lipinski definition) is 2. The van der Waals surface area contributed by atoms with Gasteiger partial charge >= 0.3 is 0 Å². The van der Waals surface area contributed by atoms with Gasteiger partial charge < -0.3 is 10.6 Å². The lowest BCUT2D eigenvalue weighted by Gasteiger charge is -2.21. The molecule has 2 saturated carbocycles. The predicted octanol–water partition coefficient (Wildman–Crippen LogP) is 5.01. The standard InChI is InChI=1S/C23H26N2O2/c1-15-5-4-6-19(11-15)24-23(27)20-7-2-3-8-21(20)25-22(26)14-18-13-16-9-10-17(18)12-16/h2-8,11,16-18H,9-10,12-14H2,1H3,(H,24,27)(H,25,26)/t16-,17-,18-/m1/s1. The fraction of sp³-hybridized carbons (Fsp3) is 0.391. The fourth-order valence-corrected chi connectivity index (χ4v) is 4.78. The number of amides is 2. The van der Waals surface area contributed by atoms with Crippen LogP contribution < -0.4 is 10.6 Å². The first kappa shape index (κ1) is 17.8. The molecule has 0 unspecified atom stereocenters. The van der Waals surface area contributed by atoms with Crippen molar-refractivity contribution in [2.45, 2.75) is 39.0 Å². The quantitative estimate of drug-likeness (QED) is 0.785. The molecule has 3 atom stereocenters. The monoisotopic (exact) mass is 362 g/mol. The lowest BCUT2D eigenvalue weighted by Crippen LogP contribution is -2.22. The maximum absolute atomic E-state index is 12.7. The minimum absolute atomic E-state index is 0.0170. The van der Waals surface area contributed by atoms with Gasteiger partial charge in [0.2, 0.25) is 5.91 Å². The van der Waals surface area contributed by atoms with Gasteiger partial charge in [-0.05, 0) is 73.8 Å². The third-order valence-electron chi connectivity index (χ3n) is 6.05. The first-order chi connectivity index (χ1) is 13.1. The second kappa shape index (κ2) is 7.55. The number of para-hydroxylation sites is 1. The highest BCUT2D eigenvalue weighted by molar-refractivity contribution is 6.10. The smallest absolute Gasteiger partial charge is 0.257 e. The SMILES string of the molecule is Cc1cccc(NC(=O)c2ccccc2NC(=O)C[C@H]2C[C@@H]3CC[C@@H]2C3)c1. The molecule has 4 nitrogen and oxygen atoms in total. The molecule has 140 valence electrons. The van der Waals surface area contributed by atoms with E-state index in [2.05, 4.69) is 10.6 Å². The number of aryl methyl sites for hydroxylation is 1. The largest absolute Gasteiger partial charge is 0.325 e. The van der Waals surface area contributed by atoms with Crippen LogP contribution in [-0.2, 0) is 4.79 Å². The molecule has 2 aromatic carbocycles. The van der Waals surface area contributed by atoms with Gasteiger partial charge in [0.25, 0.3) is 5.91 Å². The first-order valence-electron chi connectivity index (χ1n) is 9.85. The minimum Gasteiger partial charge on any atom is -0.325 e. The van der Waals surface area contributed by atoms with Crippen molar-refractivity contribution in [3.8, 4) is 0 Å². The number of benzene rings is 2. The van der Waals surface area contributed by atoms with Crippen LogP contribution in [0.5, 0.6) is 0 Å². The topological polar surface area (TPSA) is 58.2 Å². The van der Waals surface area contributed by atoms with Crippen molar-refractivity contribution in [1.82, 2.24) is 0 Å². The number of nitrogens with one attached hydrogen (secondary N) is 2. The zero-order valence-electron chi connectivity index (χ0n) is 15.7. The van der Waals surface area contributed by atoms with Crippen LogP contribution in [-0.4, -0.2) is 11.8 Å². The summed E-state index contributed by atoms with van der Waals surface area (Å²) in [7, 11) is 0. The Hall–Kier alpha value is -2.62. The van der Waals surface area contributed by atoms with Crippen LogP contribution in [0.25, 0.3) is 0 Å². The Morgan fingerprint density at radius 3 is 2.59 bits per heavy atom. The van der Waals surface area contributed by atoms with Gasteiger partial charge in [0.05, 0.1) is 11.3 Å². The van der Waals surface area contributed by atoms with Crippen molar-refractivity contribution in [2.24, 2.45) is 17.8 Å². The summed E-state index contributed by atoms with van der Waals surface area (Å²) in [5, 5.41) is 5.89. The van der Waals surface area contributed by atoms with E-state index in [1.807, 2.05) is 43.3 Å². The molecule has 27 heavy (non-hydrogen) atoms. The summed E-state index contributed by atoms with van der Waals surface area (Å²) in [6.07, 6.45) is 5.67. The van der Waals surface area contributed by atoms with Crippen LogP contribution in [0, 0.1) is 24.7 Å². The van der Waals surface area contributed by atoms with E-state index in [1.165, 1.54) is 25.7 Å². The van der Waals surface area contributed by atoms with Gasteiger partial charge in [0, 0.05) is 12.1 Å². The average molecular weight is 362 g/mol. The maximum atomic E-state index is 12.7. The Morgan fingerprint density at radius 1 is 1.00 bits per heavy atom. The molecule has 2 aliphatic rings. The molecule has 2 N–H and O–H groups in total. The zero-order valence-corrected chi connectivity index (χ0v) is 15.7. The Labute approximate surface area is 160 Å². The molecular formula is C23H26N2O2. The predicted molar refractivity (Wildman–Crippen MR) is 108 cm³/mol. The Morgan fingerprint density at radius 2 is 1.85 bits per heavy atom. The molecule has 2 fully saturated rings. The van der Waals surface area contributed by atoms with Crippen LogP contribution in [0.2, 0.25) is 0 Å². The van der Waals surface area contributed by atoms with Gasteiger partial charge in [-0.2, -0.15) is 0 Å². The number of rotatable bonds is 5. The molecule has 0 radical (unpaired) electrons. The number of anilines is 2. The van der Waals surface area contributed by atoms with Gasteiger partial charge in [-0.25, -0.2) is 0 Å². The summed E-state index contributed by atoms with van der Waals surface area (Å²) in [5.41, 5.74) is 2.90. The molecule has 0 heterocycles. The Bertz CT molecular complexity index is 861. The minimum atomic E-state index is -0.212.